The summed E-state index contributed by atoms with van der Waals surface area (Å²) < 4.78 is 1.32. The van der Waals surface area contributed by atoms with Gasteiger partial charge in [-0.25, -0.2) is 9.67 Å². The lowest BCUT2D eigenvalue weighted by Crippen LogP contribution is -2.47. The largest absolute Gasteiger partial charge is 0.367 e. The molecule has 1 aliphatic heterocycles. The molecular weight excluding hydrogens is 280 g/mol. The Balaban J connectivity index is 1.71. The number of hydrogen-bond donors (Lipinski definition) is 0. The molecule has 0 amide bonds. The summed E-state index contributed by atoms with van der Waals surface area (Å²) in [4.78, 5) is 20.3. The van der Waals surface area contributed by atoms with Crippen LogP contribution >= 0.6 is 0 Å². The van der Waals surface area contributed by atoms with Crippen molar-refractivity contribution in [1.29, 1.82) is 5.26 Å². The van der Waals surface area contributed by atoms with Gasteiger partial charge in [0.15, 0.2) is 0 Å². The van der Waals surface area contributed by atoms with E-state index in [4.69, 9.17) is 5.26 Å². The Morgan fingerprint density at radius 1 is 1.18 bits per heavy atom. The molecule has 0 saturated carbocycles. The summed E-state index contributed by atoms with van der Waals surface area (Å²) in [5, 5.41) is 13.0. The zero-order chi connectivity index (χ0) is 15.5. The van der Waals surface area contributed by atoms with Gasteiger partial charge in [-0.1, -0.05) is 0 Å². The zero-order valence-corrected chi connectivity index (χ0v) is 12.3. The molecule has 3 rings (SSSR count). The Hall–Kier alpha value is -2.88. The number of aromatic nitrogens is 3. The molecule has 0 unspecified atom stereocenters. The number of hydrogen-bond acceptors (Lipinski definition) is 6. The zero-order valence-electron chi connectivity index (χ0n) is 12.3. The summed E-state index contributed by atoms with van der Waals surface area (Å²) in [6, 6.07) is 7.24. The molecule has 22 heavy (non-hydrogen) atoms. The maximum Gasteiger partial charge on any atom is 0.268 e. The highest BCUT2D eigenvalue weighted by molar-refractivity contribution is 5.49. The maximum absolute atomic E-state index is 11.7. The van der Waals surface area contributed by atoms with Crippen molar-refractivity contribution in [2.75, 3.05) is 36.0 Å². The highest BCUT2D eigenvalue weighted by Crippen LogP contribution is 2.18. The monoisotopic (exact) mass is 296 g/mol. The van der Waals surface area contributed by atoms with E-state index in [1.807, 2.05) is 0 Å². The summed E-state index contributed by atoms with van der Waals surface area (Å²) in [5.41, 5.74) is 1.35. The first-order valence-corrected chi connectivity index (χ1v) is 7.07. The van der Waals surface area contributed by atoms with Crippen molar-refractivity contribution in [2.24, 2.45) is 7.05 Å². The summed E-state index contributed by atoms with van der Waals surface area (Å²) in [5.74, 6) is 0.820. The molecule has 3 heterocycles. The second kappa shape index (κ2) is 5.85. The third-order valence-electron chi connectivity index (χ3n) is 3.80. The lowest BCUT2D eigenvalue weighted by atomic mass is 10.2. The van der Waals surface area contributed by atoms with Crippen LogP contribution in [0.1, 0.15) is 5.56 Å². The molecule has 0 aromatic carbocycles. The Labute approximate surface area is 128 Å². The van der Waals surface area contributed by atoms with Crippen molar-refractivity contribution in [3.05, 3.63) is 46.5 Å². The van der Waals surface area contributed by atoms with Crippen LogP contribution in [0.25, 0.3) is 0 Å². The maximum atomic E-state index is 11.7. The van der Waals surface area contributed by atoms with Crippen LogP contribution in [0.5, 0.6) is 0 Å². The Morgan fingerprint density at radius 2 is 1.91 bits per heavy atom. The van der Waals surface area contributed by atoms with Gasteiger partial charge in [0, 0.05) is 45.5 Å². The van der Waals surface area contributed by atoms with Crippen molar-refractivity contribution < 1.29 is 0 Å². The van der Waals surface area contributed by atoms with Gasteiger partial charge in [0.25, 0.3) is 5.56 Å². The lowest BCUT2D eigenvalue weighted by molar-refractivity contribution is 0.638. The van der Waals surface area contributed by atoms with E-state index in [1.165, 1.54) is 4.68 Å². The van der Waals surface area contributed by atoms with Crippen LogP contribution < -0.4 is 15.4 Å². The van der Waals surface area contributed by atoms with Crippen molar-refractivity contribution in [1.82, 2.24) is 14.8 Å². The van der Waals surface area contributed by atoms with Gasteiger partial charge in [0.05, 0.1) is 23.5 Å². The van der Waals surface area contributed by atoms with Crippen LogP contribution in [0.3, 0.4) is 0 Å². The van der Waals surface area contributed by atoms with Crippen molar-refractivity contribution >= 4 is 11.5 Å². The minimum absolute atomic E-state index is 0.108. The first kappa shape index (κ1) is 14.1. The molecule has 1 fully saturated rings. The fourth-order valence-electron chi connectivity index (χ4n) is 2.49. The topological polar surface area (TPSA) is 78.1 Å². The average Bonchev–Trinajstić information content (AvgIpc) is 2.57. The van der Waals surface area contributed by atoms with Gasteiger partial charge in [0.1, 0.15) is 5.82 Å². The molecule has 1 aliphatic rings. The van der Waals surface area contributed by atoms with Crippen molar-refractivity contribution in [2.45, 2.75) is 0 Å². The fourth-order valence-corrected chi connectivity index (χ4v) is 2.49. The summed E-state index contributed by atoms with van der Waals surface area (Å²) in [7, 11) is 1.64. The Bertz CT molecular complexity index is 770. The number of piperazine rings is 1. The molecule has 1 saturated heterocycles. The lowest BCUT2D eigenvalue weighted by Gasteiger charge is -2.36. The van der Waals surface area contributed by atoms with E-state index in [2.05, 4.69) is 26.0 Å². The molecular formula is C15H16N6O. The predicted molar refractivity (Wildman–Crippen MR) is 82.9 cm³/mol. The molecule has 0 bridgehead atoms. The van der Waals surface area contributed by atoms with Crippen LogP contribution in [-0.4, -0.2) is 40.9 Å². The molecule has 0 atom stereocenters. The molecule has 112 valence electrons. The van der Waals surface area contributed by atoms with Crippen molar-refractivity contribution in [3.63, 3.8) is 0 Å². The highest BCUT2D eigenvalue weighted by Gasteiger charge is 2.19. The average molecular weight is 296 g/mol. The first-order valence-electron chi connectivity index (χ1n) is 7.07. The molecule has 2 aromatic heterocycles. The molecule has 0 radical (unpaired) electrons. The van der Waals surface area contributed by atoms with Crippen LogP contribution in [0.4, 0.5) is 11.5 Å². The molecule has 2 aromatic rings. The number of nitriles is 1. The summed E-state index contributed by atoms with van der Waals surface area (Å²) in [6.45, 7) is 3.15. The summed E-state index contributed by atoms with van der Waals surface area (Å²) >= 11 is 0. The first-order chi connectivity index (χ1) is 10.7. The Kier molecular flexibility index (Phi) is 3.74. The smallest absolute Gasteiger partial charge is 0.268 e. The SMILES string of the molecule is Cn1ncc(N2CCN(c3cc(C#N)ccn3)CC2)cc1=O. The second-order valence-electron chi connectivity index (χ2n) is 5.16. The van der Waals surface area contributed by atoms with E-state index in [0.717, 1.165) is 37.7 Å². The molecule has 0 N–H and O–H groups in total. The molecule has 7 heteroatoms. The van der Waals surface area contributed by atoms with E-state index < -0.39 is 0 Å². The quantitative estimate of drug-likeness (QED) is 0.797. The highest BCUT2D eigenvalue weighted by atomic mass is 16.1. The second-order valence-corrected chi connectivity index (χ2v) is 5.16. The fraction of sp³-hybridized carbons (Fsp3) is 0.333. The van der Waals surface area contributed by atoms with Crippen molar-refractivity contribution in [3.8, 4) is 6.07 Å². The minimum Gasteiger partial charge on any atom is -0.367 e. The number of anilines is 2. The van der Waals surface area contributed by atoms with Crippen LogP contribution in [0.15, 0.2) is 35.4 Å². The van der Waals surface area contributed by atoms with E-state index >= 15 is 0 Å². The van der Waals surface area contributed by atoms with Gasteiger partial charge in [0.2, 0.25) is 0 Å². The van der Waals surface area contributed by atoms with E-state index in [9.17, 15) is 4.79 Å². The summed E-state index contributed by atoms with van der Waals surface area (Å²) in [6.07, 6.45) is 3.37. The minimum atomic E-state index is -0.108. The van der Waals surface area contributed by atoms with E-state index in [-0.39, 0.29) is 5.56 Å². The number of aryl methyl sites for hydroxylation is 1. The molecule has 0 aliphatic carbocycles. The van der Waals surface area contributed by atoms with Crippen LogP contribution in [0, 0.1) is 11.3 Å². The van der Waals surface area contributed by atoms with Gasteiger partial charge >= 0.3 is 0 Å². The van der Waals surface area contributed by atoms with E-state index in [1.54, 1.807) is 37.6 Å². The number of pyridine rings is 1. The third-order valence-corrected chi connectivity index (χ3v) is 3.80. The van der Waals surface area contributed by atoms with Gasteiger partial charge in [-0.05, 0) is 12.1 Å². The molecule has 0 spiro atoms. The van der Waals surface area contributed by atoms with Crippen LogP contribution in [0.2, 0.25) is 0 Å². The Morgan fingerprint density at radius 3 is 2.59 bits per heavy atom. The standard InChI is InChI=1S/C15H16N6O/c1-19-15(22)9-13(11-18-19)20-4-6-21(7-5-20)14-8-12(10-16)2-3-17-14/h2-3,8-9,11H,4-7H2,1H3. The van der Waals surface area contributed by atoms with E-state index in [0.29, 0.717) is 5.56 Å². The predicted octanol–water partition coefficient (Wildman–Crippen LogP) is 0.374. The van der Waals surface area contributed by atoms with Gasteiger partial charge in [-0.15, -0.1) is 0 Å². The van der Waals surface area contributed by atoms with Gasteiger partial charge < -0.3 is 9.80 Å². The van der Waals surface area contributed by atoms with Gasteiger partial charge in [-0.3, -0.25) is 4.79 Å². The number of nitrogens with zero attached hydrogens (tertiary/aromatic N) is 6. The normalized spacial score (nSPS) is 14.7. The van der Waals surface area contributed by atoms with Crippen LogP contribution in [-0.2, 0) is 7.05 Å². The third kappa shape index (κ3) is 2.76. The number of rotatable bonds is 2. The van der Waals surface area contributed by atoms with Gasteiger partial charge in [-0.2, -0.15) is 10.4 Å². The molecule has 7 nitrogen and oxygen atoms in total.